The number of ether oxygens (including phenoxy) is 1. The van der Waals surface area contributed by atoms with Crippen molar-refractivity contribution in [2.24, 2.45) is 0 Å². The number of thiophene rings is 1. The van der Waals surface area contributed by atoms with Crippen molar-refractivity contribution in [1.29, 1.82) is 0 Å². The second-order valence-electron chi connectivity index (χ2n) is 5.78. The molecule has 0 aliphatic heterocycles. The van der Waals surface area contributed by atoms with E-state index in [1.165, 1.54) is 11.3 Å². The lowest BCUT2D eigenvalue weighted by Crippen LogP contribution is -2.21. The van der Waals surface area contributed by atoms with Crippen molar-refractivity contribution >= 4 is 50.3 Å². The van der Waals surface area contributed by atoms with E-state index >= 15 is 0 Å². The fraction of sp³-hybridized carbons (Fsp3) is 0.250. The Hall–Kier alpha value is -2.24. The molecule has 2 aromatic carbocycles. The number of benzene rings is 2. The van der Waals surface area contributed by atoms with E-state index in [4.69, 9.17) is 16.3 Å². The maximum atomic E-state index is 12.7. The minimum Gasteiger partial charge on any atom is -0.497 e. The number of nitrogens with zero attached hydrogens (tertiary/aromatic N) is 1. The number of methoxy groups -OCH3 is 1. The lowest BCUT2D eigenvalue weighted by atomic mass is 10.2. The molecule has 0 aliphatic carbocycles. The van der Waals surface area contributed by atoms with Crippen LogP contribution < -0.4 is 15.0 Å². The van der Waals surface area contributed by atoms with Gasteiger partial charge in [-0.3, -0.25) is 4.79 Å². The van der Waals surface area contributed by atoms with E-state index in [0.29, 0.717) is 9.90 Å². The van der Waals surface area contributed by atoms with E-state index < -0.39 is 0 Å². The standard InChI is InChI=1S/C20H21ClN2O2S/c1-4-23(5-2)14-8-6-13(7-9-14)22-20(24)19-18(21)16-12-15(25-3)10-11-17(16)26-19/h6-12H,4-5H2,1-3H3,(H,22,24). The largest absolute Gasteiger partial charge is 0.497 e. The first kappa shape index (κ1) is 18.5. The van der Waals surface area contributed by atoms with Crippen molar-refractivity contribution in [3.63, 3.8) is 0 Å². The van der Waals surface area contributed by atoms with Crippen LogP contribution in [0.1, 0.15) is 23.5 Å². The molecule has 0 bridgehead atoms. The molecule has 4 nitrogen and oxygen atoms in total. The minimum absolute atomic E-state index is 0.203. The van der Waals surface area contributed by atoms with Crippen LogP contribution in [0.15, 0.2) is 42.5 Å². The van der Waals surface area contributed by atoms with E-state index in [9.17, 15) is 4.79 Å². The van der Waals surface area contributed by atoms with Gasteiger partial charge in [-0.2, -0.15) is 0 Å². The zero-order chi connectivity index (χ0) is 18.7. The molecule has 3 aromatic rings. The highest BCUT2D eigenvalue weighted by molar-refractivity contribution is 7.21. The van der Waals surface area contributed by atoms with Crippen LogP contribution in [0.4, 0.5) is 11.4 Å². The Morgan fingerprint density at radius 1 is 1.15 bits per heavy atom. The molecule has 6 heteroatoms. The first-order valence-corrected chi connectivity index (χ1v) is 9.69. The first-order valence-electron chi connectivity index (χ1n) is 8.49. The number of anilines is 2. The molecule has 0 fully saturated rings. The Labute approximate surface area is 162 Å². The van der Waals surface area contributed by atoms with Gasteiger partial charge in [-0.15, -0.1) is 11.3 Å². The highest BCUT2D eigenvalue weighted by atomic mass is 35.5. The van der Waals surface area contributed by atoms with Gasteiger partial charge < -0.3 is 15.0 Å². The van der Waals surface area contributed by atoms with Gasteiger partial charge in [0.1, 0.15) is 10.6 Å². The van der Waals surface area contributed by atoms with Gasteiger partial charge >= 0.3 is 0 Å². The van der Waals surface area contributed by atoms with Gasteiger partial charge in [0.05, 0.1) is 12.1 Å². The zero-order valence-corrected chi connectivity index (χ0v) is 16.6. The molecule has 0 atom stereocenters. The monoisotopic (exact) mass is 388 g/mol. The molecule has 0 radical (unpaired) electrons. The van der Waals surface area contributed by atoms with Crippen molar-refractivity contribution in [3.8, 4) is 5.75 Å². The lowest BCUT2D eigenvalue weighted by Gasteiger charge is -2.21. The second-order valence-corrected chi connectivity index (χ2v) is 7.21. The van der Waals surface area contributed by atoms with Crippen LogP contribution in [-0.4, -0.2) is 26.1 Å². The van der Waals surface area contributed by atoms with E-state index in [0.717, 1.165) is 40.3 Å². The molecule has 0 saturated carbocycles. The summed E-state index contributed by atoms with van der Waals surface area (Å²) in [5.41, 5.74) is 1.89. The van der Waals surface area contributed by atoms with E-state index in [1.807, 2.05) is 42.5 Å². The third kappa shape index (κ3) is 3.64. The molecule has 0 saturated heterocycles. The molecular weight excluding hydrogens is 368 g/mol. The molecule has 0 aliphatic rings. The van der Waals surface area contributed by atoms with Gasteiger partial charge in [-0.05, 0) is 56.3 Å². The number of carbonyl (C=O) groups is 1. The number of amides is 1. The summed E-state index contributed by atoms with van der Waals surface area (Å²) in [5, 5.41) is 4.22. The number of nitrogens with one attached hydrogen (secondary N) is 1. The summed E-state index contributed by atoms with van der Waals surface area (Å²) < 4.78 is 6.19. The van der Waals surface area contributed by atoms with Crippen LogP contribution in [0, 0.1) is 0 Å². The van der Waals surface area contributed by atoms with Gasteiger partial charge in [-0.25, -0.2) is 0 Å². The van der Waals surface area contributed by atoms with Crippen LogP contribution in [0.5, 0.6) is 5.75 Å². The van der Waals surface area contributed by atoms with E-state index in [2.05, 4.69) is 24.1 Å². The molecule has 1 aromatic heterocycles. The van der Waals surface area contributed by atoms with Crippen molar-refractivity contribution in [2.45, 2.75) is 13.8 Å². The third-order valence-corrected chi connectivity index (χ3v) is 5.97. The number of fused-ring (bicyclic) bond motifs is 1. The van der Waals surface area contributed by atoms with Gasteiger partial charge in [0.2, 0.25) is 0 Å². The van der Waals surface area contributed by atoms with Crippen LogP contribution in [0.25, 0.3) is 10.1 Å². The highest BCUT2D eigenvalue weighted by Crippen LogP contribution is 2.37. The Kier molecular flexibility index (Phi) is 5.69. The molecule has 1 heterocycles. The Balaban J connectivity index is 1.82. The van der Waals surface area contributed by atoms with Gasteiger partial charge in [0, 0.05) is 34.6 Å². The van der Waals surface area contributed by atoms with Crippen molar-refractivity contribution in [2.75, 3.05) is 30.4 Å². The number of rotatable bonds is 6. The molecule has 0 spiro atoms. The number of hydrogen-bond acceptors (Lipinski definition) is 4. The van der Waals surface area contributed by atoms with Gasteiger partial charge in [0.15, 0.2) is 0 Å². The Bertz CT molecular complexity index is 917. The minimum atomic E-state index is -0.203. The second kappa shape index (κ2) is 7.98. The third-order valence-electron chi connectivity index (χ3n) is 4.29. The number of hydrogen-bond donors (Lipinski definition) is 1. The normalized spacial score (nSPS) is 10.8. The Morgan fingerprint density at radius 3 is 2.46 bits per heavy atom. The molecule has 3 rings (SSSR count). The molecule has 136 valence electrons. The van der Waals surface area contributed by atoms with E-state index in [1.54, 1.807) is 7.11 Å². The fourth-order valence-corrected chi connectivity index (χ4v) is 4.24. The van der Waals surface area contributed by atoms with Crippen LogP contribution >= 0.6 is 22.9 Å². The molecule has 1 amide bonds. The number of halogens is 1. The fourth-order valence-electron chi connectivity index (χ4n) is 2.85. The predicted octanol–water partition coefficient (Wildman–Crippen LogP) is 5.66. The molecular formula is C20H21ClN2O2S. The summed E-state index contributed by atoms with van der Waals surface area (Å²) in [6, 6.07) is 13.5. The summed E-state index contributed by atoms with van der Waals surface area (Å²) in [6.45, 7) is 6.14. The zero-order valence-electron chi connectivity index (χ0n) is 15.0. The SMILES string of the molecule is CCN(CC)c1ccc(NC(=O)c2sc3ccc(OC)cc3c2Cl)cc1. The van der Waals surface area contributed by atoms with Gasteiger partial charge in [0.25, 0.3) is 5.91 Å². The quantitative estimate of drug-likeness (QED) is 0.592. The van der Waals surface area contributed by atoms with Crippen molar-refractivity contribution < 1.29 is 9.53 Å². The molecule has 0 unspecified atom stereocenters. The highest BCUT2D eigenvalue weighted by Gasteiger charge is 2.18. The topological polar surface area (TPSA) is 41.6 Å². The molecule has 26 heavy (non-hydrogen) atoms. The summed E-state index contributed by atoms with van der Waals surface area (Å²) in [5.74, 6) is 0.516. The summed E-state index contributed by atoms with van der Waals surface area (Å²) in [4.78, 5) is 15.4. The summed E-state index contributed by atoms with van der Waals surface area (Å²) in [6.07, 6.45) is 0. The molecule has 1 N–H and O–H groups in total. The predicted molar refractivity (Wildman–Crippen MR) is 111 cm³/mol. The maximum Gasteiger partial charge on any atom is 0.267 e. The van der Waals surface area contributed by atoms with Gasteiger partial charge in [-0.1, -0.05) is 11.6 Å². The first-order chi connectivity index (χ1) is 12.6. The van der Waals surface area contributed by atoms with Crippen molar-refractivity contribution in [1.82, 2.24) is 0 Å². The smallest absolute Gasteiger partial charge is 0.267 e. The average molecular weight is 389 g/mol. The van der Waals surface area contributed by atoms with Crippen molar-refractivity contribution in [3.05, 3.63) is 52.4 Å². The van der Waals surface area contributed by atoms with Crippen LogP contribution in [0.3, 0.4) is 0 Å². The summed E-state index contributed by atoms with van der Waals surface area (Å²) >= 11 is 7.82. The van der Waals surface area contributed by atoms with Crippen LogP contribution in [0.2, 0.25) is 5.02 Å². The average Bonchev–Trinajstić information content (AvgIpc) is 3.00. The number of carbonyl (C=O) groups excluding carboxylic acids is 1. The van der Waals surface area contributed by atoms with E-state index in [-0.39, 0.29) is 5.91 Å². The Morgan fingerprint density at radius 2 is 1.85 bits per heavy atom. The summed E-state index contributed by atoms with van der Waals surface area (Å²) in [7, 11) is 1.61. The maximum absolute atomic E-state index is 12.7. The lowest BCUT2D eigenvalue weighted by molar-refractivity contribution is 0.103. The van der Waals surface area contributed by atoms with Crippen LogP contribution in [-0.2, 0) is 0 Å².